The smallest absolute Gasteiger partial charge is 0.224 e. The number of aryl methyl sites for hydroxylation is 2. The van der Waals surface area contributed by atoms with Crippen LogP contribution < -0.4 is 0 Å². The van der Waals surface area contributed by atoms with Crippen LogP contribution in [-0.4, -0.2) is 44.6 Å². The van der Waals surface area contributed by atoms with Crippen molar-refractivity contribution < 1.29 is 4.79 Å². The molecule has 1 aromatic carbocycles. The zero-order chi connectivity index (χ0) is 19.4. The molecule has 146 valence electrons. The van der Waals surface area contributed by atoms with Crippen LogP contribution >= 0.6 is 0 Å². The minimum absolute atomic E-state index is 0.252. The lowest BCUT2D eigenvalue weighted by Gasteiger charge is -2.31. The van der Waals surface area contributed by atoms with E-state index in [1.54, 1.807) is 0 Å². The van der Waals surface area contributed by atoms with Crippen LogP contribution in [-0.2, 0) is 24.4 Å². The van der Waals surface area contributed by atoms with Gasteiger partial charge < -0.3 is 4.90 Å². The van der Waals surface area contributed by atoms with Crippen molar-refractivity contribution >= 4 is 5.91 Å². The van der Waals surface area contributed by atoms with Crippen molar-refractivity contribution in [3.05, 3.63) is 52.8 Å². The molecule has 2 heterocycles. The Hall–Kier alpha value is -2.14. The van der Waals surface area contributed by atoms with Crippen LogP contribution in [0.25, 0.3) is 0 Å². The maximum absolute atomic E-state index is 12.9. The van der Waals surface area contributed by atoms with Gasteiger partial charge in [-0.15, -0.1) is 0 Å². The molecular formula is C22H32N4O. The number of benzene rings is 1. The lowest BCUT2D eigenvalue weighted by Crippen LogP contribution is -2.42. The Morgan fingerprint density at radius 1 is 1.11 bits per heavy atom. The monoisotopic (exact) mass is 368 g/mol. The number of carbonyl (C=O) groups excluding carboxylic acids is 1. The van der Waals surface area contributed by atoms with Crippen LogP contribution in [0.3, 0.4) is 0 Å². The summed E-state index contributed by atoms with van der Waals surface area (Å²) in [6.45, 7) is 12.8. The molecule has 27 heavy (non-hydrogen) atoms. The molecule has 0 bridgehead atoms. The van der Waals surface area contributed by atoms with Gasteiger partial charge in [-0.3, -0.25) is 14.4 Å². The topological polar surface area (TPSA) is 41.4 Å². The van der Waals surface area contributed by atoms with Crippen molar-refractivity contribution in [3.63, 3.8) is 0 Å². The summed E-state index contributed by atoms with van der Waals surface area (Å²) in [6.07, 6.45) is 1.56. The molecule has 3 rings (SSSR count). The molecule has 1 amide bonds. The van der Waals surface area contributed by atoms with Crippen molar-refractivity contribution in [1.82, 2.24) is 19.6 Å². The van der Waals surface area contributed by atoms with Crippen LogP contribution in [0.4, 0.5) is 0 Å². The van der Waals surface area contributed by atoms with Crippen molar-refractivity contribution in [2.75, 3.05) is 13.1 Å². The summed E-state index contributed by atoms with van der Waals surface area (Å²) >= 11 is 0. The highest BCUT2D eigenvalue weighted by Crippen LogP contribution is 2.21. The predicted octanol–water partition coefficient (Wildman–Crippen LogP) is 3.53. The number of amides is 1. The molecule has 1 unspecified atom stereocenters. The fourth-order valence-corrected chi connectivity index (χ4v) is 4.07. The summed E-state index contributed by atoms with van der Waals surface area (Å²) in [5, 5.41) is 4.66. The maximum atomic E-state index is 12.9. The standard InChI is InChI=1S/C22H32N4O/c1-5-20-15-24(16-21-17(3)23-26(6-2)18(21)4)13-12-22(27)25(20)14-19-10-8-7-9-11-19/h7-11,20H,5-6,12-16H2,1-4H3. The van der Waals surface area contributed by atoms with Crippen LogP contribution in [0, 0.1) is 13.8 Å². The Kier molecular flexibility index (Phi) is 6.32. The van der Waals surface area contributed by atoms with Gasteiger partial charge in [-0.05, 0) is 32.8 Å². The third-order valence-corrected chi connectivity index (χ3v) is 5.75. The van der Waals surface area contributed by atoms with E-state index in [1.165, 1.54) is 16.8 Å². The van der Waals surface area contributed by atoms with Gasteiger partial charge in [-0.25, -0.2) is 0 Å². The molecule has 1 atom stereocenters. The minimum Gasteiger partial charge on any atom is -0.334 e. The van der Waals surface area contributed by atoms with Crippen molar-refractivity contribution in [2.24, 2.45) is 0 Å². The van der Waals surface area contributed by atoms with E-state index in [-0.39, 0.29) is 11.9 Å². The highest BCUT2D eigenvalue weighted by atomic mass is 16.2. The number of rotatable bonds is 6. The van der Waals surface area contributed by atoms with Gasteiger partial charge in [-0.2, -0.15) is 5.10 Å². The zero-order valence-electron chi connectivity index (χ0n) is 17.1. The Bertz CT molecular complexity index is 768. The molecule has 5 heteroatoms. The molecule has 0 saturated carbocycles. The zero-order valence-corrected chi connectivity index (χ0v) is 17.1. The summed E-state index contributed by atoms with van der Waals surface area (Å²) < 4.78 is 2.08. The highest BCUT2D eigenvalue weighted by molar-refractivity contribution is 5.77. The molecule has 2 aromatic rings. The number of carbonyl (C=O) groups is 1. The van der Waals surface area contributed by atoms with Crippen LogP contribution in [0.15, 0.2) is 30.3 Å². The third-order valence-electron chi connectivity index (χ3n) is 5.75. The second-order valence-corrected chi connectivity index (χ2v) is 7.52. The van der Waals surface area contributed by atoms with Crippen LogP contribution in [0.2, 0.25) is 0 Å². The second-order valence-electron chi connectivity index (χ2n) is 7.52. The second kappa shape index (κ2) is 8.70. The minimum atomic E-state index is 0.252. The predicted molar refractivity (Wildman–Crippen MR) is 108 cm³/mol. The molecule has 1 fully saturated rings. The number of nitrogens with zero attached hydrogens (tertiary/aromatic N) is 4. The molecule has 1 aromatic heterocycles. The van der Waals surface area contributed by atoms with Gasteiger partial charge in [0.1, 0.15) is 0 Å². The van der Waals surface area contributed by atoms with E-state index in [0.29, 0.717) is 13.0 Å². The van der Waals surface area contributed by atoms with E-state index < -0.39 is 0 Å². The molecule has 0 spiro atoms. The molecule has 5 nitrogen and oxygen atoms in total. The largest absolute Gasteiger partial charge is 0.334 e. The van der Waals surface area contributed by atoms with E-state index in [1.807, 2.05) is 18.2 Å². The third kappa shape index (κ3) is 4.41. The highest BCUT2D eigenvalue weighted by Gasteiger charge is 2.29. The molecule has 0 radical (unpaired) electrons. The van der Waals surface area contributed by atoms with Gasteiger partial charge in [0, 0.05) is 56.4 Å². The van der Waals surface area contributed by atoms with E-state index in [0.717, 1.165) is 38.3 Å². The molecular weight excluding hydrogens is 336 g/mol. The number of aromatic nitrogens is 2. The Balaban J connectivity index is 1.75. The summed E-state index contributed by atoms with van der Waals surface area (Å²) in [4.78, 5) is 17.4. The average molecular weight is 369 g/mol. The van der Waals surface area contributed by atoms with Crippen molar-refractivity contribution in [2.45, 2.75) is 66.2 Å². The number of hydrogen-bond donors (Lipinski definition) is 0. The Morgan fingerprint density at radius 2 is 1.85 bits per heavy atom. The van der Waals surface area contributed by atoms with E-state index in [9.17, 15) is 4.79 Å². The first-order valence-corrected chi connectivity index (χ1v) is 10.1. The molecule has 0 N–H and O–H groups in total. The van der Waals surface area contributed by atoms with Gasteiger partial charge in [0.15, 0.2) is 0 Å². The quantitative estimate of drug-likeness (QED) is 0.783. The van der Waals surface area contributed by atoms with Gasteiger partial charge in [0.25, 0.3) is 0 Å². The fraction of sp³-hybridized carbons (Fsp3) is 0.545. The van der Waals surface area contributed by atoms with Crippen molar-refractivity contribution in [3.8, 4) is 0 Å². The Morgan fingerprint density at radius 3 is 2.48 bits per heavy atom. The first-order valence-electron chi connectivity index (χ1n) is 10.1. The SMILES string of the molecule is CCC1CN(Cc2c(C)nn(CC)c2C)CCC(=O)N1Cc1ccccc1. The molecule has 1 saturated heterocycles. The van der Waals surface area contributed by atoms with Crippen molar-refractivity contribution in [1.29, 1.82) is 0 Å². The van der Waals surface area contributed by atoms with E-state index in [2.05, 4.69) is 59.4 Å². The molecule has 1 aliphatic heterocycles. The fourth-order valence-electron chi connectivity index (χ4n) is 4.07. The van der Waals surface area contributed by atoms with E-state index >= 15 is 0 Å². The normalized spacial score (nSPS) is 18.7. The summed E-state index contributed by atoms with van der Waals surface area (Å²) in [7, 11) is 0. The first kappa shape index (κ1) is 19.6. The maximum Gasteiger partial charge on any atom is 0.224 e. The lowest BCUT2D eigenvalue weighted by molar-refractivity contribution is -0.133. The van der Waals surface area contributed by atoms with E-state index in [4.69, 9.17) is 0 Å². The first-order chi connectivity index (χ1) is 13.0. The van der Waals surface area contributed by atoms with Gasteiger partial charge in [-0.1, -0.05) is 37.3 Å². The Labute approximate surface area is 163 Å². The summed E-state index contributed by atoms with van der Waals surface area (Å²) in [6, 6.07) is 10.6. The van der Waals surface area contributed by atoms with Crippen LogP contribution in [0.5, 0.6) is 0 Å². The van der Waals surface area contributed by atoms with Gasteiger partial charge >= 0.3 is 0 Å². The van der Waals surface area contributed by atoms with Gasteiger partial charge in [0.05, 0.1) is 5.69 Å². The number of hydrogen-bond acceptors (Lipinski definition) is 3. The average Bonchev–Trinajstić information content (AvgIpc) is 2.86. The summed E-state index contributed by atoms with van der Waals surface area (Å²) in [5.41, 5.74) is 4.88. The molecule has 0 aliphatic carbocycles. The molecule has 1 aliphatic rings. The summed E-state index contributed by atoms with van der Waals surface area (Å²) in [5.74, 6) is 0.269. The van der Waals surface area contributed by atoms with Crippen LogP contribution in [0.1, 0.15) is 49.2 Å². The van der Waals surface area contributed by atoms with Gasteiger partial charge in [0.2, 0.25) is 5.91 Å². The lowest BCUT2D eigenvalue weighted by atomic mass is 10.1.